The molecule has 2 amide bonds. The van der Waals surface area contributed by atoms with Crippen LogP contribution in [0.4, 0.5) is 33.3 Å². The first-order valence-corrected chi connectivity index (χ1v) is 11.5. The molecule has 3 aromatic rings. The summed E-state index contributed by atoms with van der Waals surface area (Å²) >= 11 is 0. The third-order valence-electron chi connectivity index (χ3n) is 6.35. The molecule has 0 saturated carbocycles. The van der Waals surface area contributed by atoms with E-state index in [4.69, 9.17) is 0 Å². The van der Waals surface area contributed by atoms with E-state index in [0.717, 1.165) is 0 Å². The van der Waals surface area contributed by atoms with E-state index >= 15 is 0 Å². The molecule has 0 spiro atoms. The van der Waals surface area contributed by atoms with Gasteiger partial charge in [0.05, 0.1) is 24.1 Å². The van der Waals surface area contributed by atoms with Crippen LogP contribution in [0.3, 0.4) is 0 Å². The number of carbonyl (C=O) groups excluding carboxylic acids is 2. The normalized spacial score (nSPS) is 16.6. The number of hydrogen-bond donors (Lipinski definition) is 1. The number of nitrogens with zero attached hydrogens (tertiary/aromatic N) is 6. The van der Waals surface area contributed by atoms with Gasteiger partial charge in [0.25, 0.3) is 18.2 Å². The van der Waals surface area contributed by atoms with Crippen molar-refractivity contribution in [2.24, 2.45) is 0 Å². The van der Waals surface area contributed by atoms with Crippen molar-refractivity contribution in [3.63, 3.8) is 0 Å². The molecule has 2 aromatic heterocycles. The molecule has 0 aliphatic carbocycles. The first kappa shape index (κ1) is 24.9. The lowest BCUT2D eigenvalue weighted by molar-refractivity contribution is -0.140. The average molecular weight is 523 g/mol. The van der Waals surface area contributed by atoms with E-state index in [2.05, 4.69) is 15.4 Å². The molecule has 1 fully saturated rings. The predicted octanol–water partition coefficient (Wildman–Crippen LogP) is 2.89. The van der Waals surface area contributed by atoms with Gasteiger partial charge < -0.3 is 15.1 Å². The summed E-state index contributed by atoms with van der Waals surface area (Å²) in [4.78, 5) is 34.2. The van der Waals surface area contributed by atoms with Gasteiger partial charge in [0.1, 0.15) is 12.1 Å². The van der Waals surface area contributed by atoms with Crippen molar-refractivity contribution in [1.29, 1.82) is 0 Å². The van der Waals surface area contributed by atoms with E-state index in [1.54, 1.807) is 17.2 Å². The molecule has 0 radical (unpaired) electrons. The second-order valence-electron chi connectivity index (χ2n) is 8.88. The number of piperazine rings is 1. The number of alkyl halides is 5. The first-order valence-electron chi connectivity index (χ1n) is 11.5. The number of benzene rings is 1. The first-order chi connectivity index (χ1) is 17.6. The maximum absolute atomic E-state index is 13.2. The van der Waals surface area contributed by atoms with Crippen molar-refractivity contribution in [2.45, 2.75) is 19.1 Å². The van der Waals surface area contributed by atoms with Crippen molar-refractivity contribution < 1.29 is 31.5 Å². The van der Waals surface area contributed by atoms with E-state index in [9.17, 15) is 31.5 Å². The van der Waals surface area contributed by atoms with Crippen molar-refractivity contribution in [2.75, 3.05) is 49.5 Å². The number of anilines is 2. The number of hydrogen-bond acceptors (Lipinski definition) is 6. The van der Waals surface area contributed by atoms with E-state index in [1.807, 2.05) is 4.90 Å². The smallest absolute Gasteiger partial charge is 0.367 e. The number of nitrogens with one attached hydrogen (secondary N) is 1. The second-order valence-corrected chi connectivity index (χ2v) is 8.88. The van der Waals surface area contributed by atoms with Crippen molar-refractivity contribution >= 4 is 28.8 Å². The number of rotatable bonds is 6. The summed E-state index contributed by atoms with van der Waals surface area (Å²) in [5, 5.41) is 6.89. The Labute approximate surface area is 207 Å². The average Bonchev–Trinajstić information content (AvgIpc) is 3.39. The van der Waals surface area contributed by atoms with Crippen LogP contribution in [-0.4, -0.2) is 88.1 Å². The van der Waals surface area contributed by atoms with Gasteiger partial charge in [-0.15, -0.1) is 0 Å². The zero-order valence-corrected chi connectivity index (χ0v) is 19.4. The van der Waals surface area contributed by atoms with Crippen molar-refractivity contribution in [3.05, 3.63) is 53.5 Å². The lowest BCUT2D eigenvalue weighted by Crippen LogP contribution is -2.48. The Hall–Kier alpha value is -3.81. The lowest BCUT2D eigenvalue weighted by Gasteiger charge is -2.37. The zero-order valence-electron chi connectivity index (χ0n) is 19.4. The largest absolute Gasteiger partial charge is 0.406 e. The molecule has 0 atom stereocenters. The molecule has 1 saturated heterocycles. The number of halogens is 5. The van der Waals surface area contributed by atoms with Crippen LogP contribution in [0.15, 0.2) is 36.8 Å². The van der Waals surface area contributed by atoms with Crippen LogP contribution in [0.25, 0.3) is 5.65 Å². The third-order valence-corrected chi connectivity index (χ3v) is 6.35. The molecule has 2 aliphatic heterocycles. The third kappa shape index (κ3) is 5.19. The van der Waals surface area contributed by atoms with Gasteiger partial charge in [0.2, 0.25) is 0 Å². The quantitative estimate of drug-likeness (QED) is 0.501. The minimum absolute atomic E-state index is 0.116. The van der Waals surface area contributed by atoms with Crippen LogP contribution >= 0.6 is 0 Å². The molecule has 37 heavy (non-hydrogen) atoms. The Balaban J connectivity index is 1.46. The molecule has 2 aliphatic rings. The summed E-state index contributed by atoms with van der Waals surface area (Å²) in [6.45, 7) is -0.717. The minimum Gasteiger partial charge on any atom is -0.367 e. The molecule has 0 unspecified atom stereocenters. The van der Waals surface area contributed by atoms with Gasteiger partial charge in [-0.3, -0.25) is 14.5 Å². The zero-order chi connectivity index (χ0) is 26.3. The summed E-state index contributed by atoms with van der Waals surface area (Å²) < 4.78 is 66.0. The van der Waals surface area contributed by atoms with Gasteiger partial charge in [-0.25, -0.2) is 18.3 Å². The van der Waals surface area contributed by atoms with Crippen molar-refractivity contribution in [1.82, 2.24) is 24.4 Å². The number of aromatic nitrogens is 3. The maximum atomic E-state index is 13.2. The Kier molecular flexibility index (Phi) is 6.43. The SMILES string of the molecule is O=C(Nc1cc2c(cc1N1CCN(CC(F)F)CC1)C(=O)N(CC(F)(F)F)C2)c1cnn2cccnc12. The molecule has 4 heterocycles. The molecule has 1 N–H and O–H groups in total. The Bertz CT molecular complexity index is 1330. The van der Waals surface area contributed by atoms with E-state index < -0.39 is 31.0 Å². The molecule has 5 rings (SSSR count). The molecule has 0 bridgehead atoms. The van der Waals surface area contributed by atoms with Gasteiger partial charge in [-0.05, 0) is 23.8 Å². The van der Waals surface area contributed by atoms with Crippen LogP contribution in [0.5, 0.6) is 0 Å². The van der Waals surface area contributed by atoms with Gasteiger partial charge in [-0.1, -0.05) is 0 Å². The fraction of sp³-hybridized carbons (Fsp3) is 0.391. The lowest BCUT2D eigenvalue weighted by atomic mass is 10.1. The van der Waals surface area contributed by atoms with E-state index in [0.29, 0.717) is 53.7 Å². The van der Waals surface area contributed by atoms with Crippen LogP contribution in [-0.2, 0) is 6.54 Å². The fourth-order valence-electron chi connectivity index (χ4n) is 4.66. The highest BCUT2D eigenvalue weighted by Gasteiger charge is 2.38. The van der Waals surface area contributed by atoms with Gasteiger partial charge in [-0.2, -0.15) is 18.3 Å². The maximum Gasteiger partial charge on any atom is 0.406 e. The van der Waals surface area contributed by atoms with Crippen LogP contribution < -0.4 is 10.2 Å². The van der Waals surface area contributed by atoms with Crippen molar-refractivity contribution in [3.8, 4) is 0 Å². The Morgan fingerprint density at radius 3 is 2.59 bits per heavy atom. The Morgan fingerprint density at radius 2 is 1.89 bits per heavy atom. The minimum atomic E-state index is -4.56. The number of carbonyl (C=O) groups is 2. The highest BCUT2D eigenvalue weighted by molar-refractivity contribution is 6.10. The van der Waals surface area contributed by atoms with Gasteiger partial charge in [0.15, 0.2) is 5.65 Å². The molecular weight excluding hydrogens is 501 g/mol. The number of amides is 2. The molecular formula is C23H22F5N7O2. The van der Waals surface area contributed by atoms with Gasteiger partial charge in [0, 0.05) is 50.7 Å². The predicted molar refractivity (Wildman–Crippen MR) is 123 cm³/mol. The molecule has 14 heteroatoms. The van der Waals surface area contributed by atoms with E-state index in [1.165, 1.54) is 29.0 Å². The summed E-state index contributed by atoms with van der Waals surface area (Å²) in [6, 6.07) is 4.62. The summed E-state index contributed by atoms with van der Waals surface area (Å²) in [5.74, 6) is -1.29. The van der Waals surface area contributed by atoms with Crippen LogP contribution in [0.1, 0.15) is 26.3 Å². The van der Waals surface area contributed by atoms with Crippen LogP contribution in [0, 0.1) is 0 Å². The Morgan fingerprint density at radius 1 is 1.14 bits per heavy atom. The standard InChI is InChI=1S/C23H22F5N7O2/c24-19(25)12-32-4-6-33(7-5-32)18-9-15-14(11-34(22(15)37)13-23(26,27)28)8-17(18)31-21(36)16-10-30-35-3-1-2-29-20(16)35/h1-3,8-10,19H,4-7,11-13H2,(H,31,36). The van der Waals surface area contributed by atoms with Gasteiger partial charge >= 0.3 is 6.18 Å². The molecule has 196 valence electrons. The summed E-state index contributed by atoms with van der Waals surface area (Å²) in [7, 11) is 0. The summed E-state index contributed by atoms with van der Waals surface area (Å²) in [5.41, 5.74) is 1.68. The number of fused-ring (bicyclic) bond motifs is 2. The highest BCUT2D eigenvalue weighted by atomic mass is 19.4. The van der Waals surface area contributed by atoms with E-state index in [-0.39, 0.29) is 24.2 Å². The molecule has 9 nitrogen and oxygen atoms in total. The topological polar surface area (TPSA) is 86.1 Å². The second kappa shape index (κ2) is 9.57. The monoisotopic (exact) mass is 523 g/mol. The highest BCUT2D eigenvalue weighted by Crippen LogP contribution is 2.36. The fourth-order valence-corrected chi connectivity index (χ4v) is 4.66. The molecule has 1 aromatic carbocycles. The van der Waals surface area contributed by atoms with Crippen LogP contribution in [0.2, 0.25) is 0 Å². The summed E-state index contributed by atoms with van der Waals surface area (Å²) in [6.07, 6.45) is -2.55.